The molecule has 2 atom stereocenters. The summed E-state index contributed by atoms with van der Waals surface area (Å²) in [4.78, 5) is -0.288. The van der Waals surface area contributed by atoms with Crippen LogP contribution >= 0.6 is 15.9 Å². The summed E-state index contributed by atoms with van der Waals surface area (Å²) in [6.45, 7) is 1.67. The second-order valence-electron chi connectivity index (χ2n) is 4.71. The van der Waals surface area contributed by atoms with Crippen LogP contribution in [0.15, 0.2) is 27.6 Å². The molecule has 0 aromatic heterocycles. The second kappa shape index (κ2) is 4.26. The molecule has 18 heavy (non-hydrogen) atoms. The zero-order chi connectivity index (χ0) is 12.9. The van der Waals surface area contributed by atoms with Crippen LogP contribution in [0.4, 0.5) is 4.39 Å². The van der Waals surface area contributed by atoms with Crippen LogP contribution < -0.4 is 10.0 Å². The van der Waals surface area contributed by atoms with Crippen molar-refractivity contribution in [3.63, 3.8) is 0 Å². The molecule has 0 spiro atoms. The zero-order valence-corrected chi connectivity index (χ0v) is 11.8. The Balaban J connectivity index is 1.82. The molecule has 2 N–H and O–H groups in total. The number of halogens is 2. The van der Waals surface area contributed by atoms with Crippen LogP contribution in [0, 0.1) is 17.7 Å². The fourth-order valence-electron chi connectivity index (χ4n) is 2.53. The van der Waals surface area contributed by atoms with Crippen molar-refractivity contribution in [1.82, 2.24) is 10.0 Å². The zero-order valence-electron chi connectivity index (χ0n) is 9.36. The Morgan fingerprint density at radius 1 is 1.33 bits per heavy atom. The average molecular weight is 335 g/mol. The molecule has 1 aromatic carbocycles. The van der Waals surface area contributed by atoms with E-state index >= 15 is 0 Å². The quantitative estimate of drug-likeness (QED) is 0.869. The molecule has 2 fully saturated rings. The molecule has 1 aliphatic heterocycles. The average Bonchev–Trinajstić information content (AvgIpc) is 2.74. The first-order chi connectivity index (χ1) is 8.49. The fourth-order valence-corrected chi connectivity index (χ4v) is 4.26. The summed E-state index contributed by atoms with van der Waals surface area (Å²) in [5.41, 5.74) is 0. The summed E-state index contributed by atoms with van der Waals surface area (Å²) in [6.07, 6.45) is 0. The van der Waals surface area contributed by atoms with Gasteiger partial charge in [0, 0.05) is 10.5 Å². The van der Waals surface area contributed by atoms with Gasteiger partial charge in [-0.05, 0) is 43.1 Å². The highest BCUT2D eigenvalue weighted by Gasteiger charge is 2.54. The number of rotatable bonds is 3. The van der Waals surface area contributed by atoms with Crippen LogP contribution in [-0.4, -0.2) is 27.5 Å². The largest absolute Gasteiger partial charge is 0.316 e. The number of hydrogen-bond acceptors (Lipinski definition) is 3. The van der Waals surface area contributed by atoms with Crippen LogP contribution in [0.2, 0.25) is 0 Å². The third-order valence-corrected chi connectivity index (χ3v) is 5.55. The predicted molar refractivity (Wildman–Crippen MR) is 68.1 cm³/mol. The molecule has 7 heteroatoms. The van der Waals surface area contributed by atoms with Gasteiger partial charge in [0.2, 0.25) is 10.0 Å². The fraction of sp³-hybridized carbons (Fsp3) is 0.455. The molecular formula is C11H12BrFN2O2S. The predicted octanol–water partition coefficient (Wildman–Crippen LogP) is 1.08. The molecule has 1 saturated heterocycles. The van der Waals surface area contributed by atoms with E-state index in [1.807, 2.05) is 0 Å². The first-order valence-corrected chi connectivity index (χ1v) is 7.95. The number of benzene rings is 1. The number of sulfonamides is 1. The minimum absolute atomic E-state index is 0.0423. The van der Waals surface area contributed by atoms with E-state index in [1.54, 1.807) is 0 Å². The van der Waals surface area contributed by atoms with Crippen molar-refractivity contribution in [2.24, 2.45) is 11.8 Å². The molecule has 1 aromatic rings. The highest BCUT2D eigenvalue weighted by Crippen LogP contribution is 2.42. The van der Waals surface area contributed by atoms with Gasteiger partial charge >= 0.3 is 0 Å². The van der Waals surface area contributed by atoms with Crippen molar-refractivity contribution in [3.8, 4) is 0 Å². The first kappa shape index (κ1) is 12.5. The maximum atomic E-state index is 13.6. The lowest BCUT2D eigenvalue weighted by Gasteiger charge is -2.09. The van der Waals surface area contributed by atoms with E-state index in [9.17, 15) is 12.8 Å². The Labute approximate surface area is 113 Å². The van der Waals surface area contributed by atoms with E-state index in [0.29, 0.717) is 16.3 Å². The molecule has 0 radical (unpaired) electrons. The lowest BCUT2D eigenvalue weighted by molar-refractivity contribution is 0.546. The Morgan fingerprint density at radius 3 is 2.61 bits per heavy atom. The second-order valence-corrected chi connectivity index (χ2v) is 7.31. The van der Waals surface area contributed by atoms with Crippen molar-refractivity contribution in [2.75, 3.05) is 13.1 Å². The lowest BCUT2D eigenvalue weighted by Crippen LogP contribution is -2.33. The summed E-state index contributed by atoms with van der Waals surface area (Å²) < 4.78 is 40.9. The molecule has 1 saturated carbocycles. The van der Waals surface area contributed by atoms with Crippen molar-refractivity contribution < 1.29 is 12.8 Å². The van der Waals surface area contributed by atoms with Crippen LogP contribution in [0.3, 0.4) is 0 Å². The minimum Gasteiger partial charge on any atom is -0.316 e. The minimum atomic E-state index is -3.76. The van der Waals surface area contributed by atoms with Crippen molar-refractivity contribution >= 4 is 26.0 Å². The van der Waals surface area contributed by atoms with Gasteiger partial charge in [-0.1, -0.05) is 15.9 Å². The van der Waals surface area contributed by atoms with Gasteiger partial charge in [0.05, 0.1) is 0 Å². The Hall–Kier alpha value is -0.500. The van der Waals surface area contributed by atoms with Gasteiger partial charge < -0.3 is 5.32 Å². The lowest BCUT2D eigenvalue weighted by atomic mass is 10.3. The van der Waals surface area contributed by atoms with Gasteiger partial charge in [0.1, 0.15) is 10.7 Å². The molecule has 1 heterocycles. The highest BCUT2D eigenvalue weighted by atomic mass is 79.9. The van der Waals surface area contributed by atoms with Crippen LogP contribution in [0.5, 0.6) is 0 Å². The van der Waals surface area contributed by atoms with Crippen molar-refractivity contribution in [1.29, 1.82) is 0 Å². The SMILES string of the molecule is O=S(=O)(NC1C2CNCC21)c1ccc(Br)cc1F. The van der Waals surface area contributed by atoms with E-state index < -0.39 is 15.8 Å². The van der Waals surface area contributed by atoms with Gasteiger partial charge in [-0.3, -0.25) is 0 Å². The van der Waals surface area contributed by atoms with Gasteiger partial charge in [0.25, 0.3) is 0 Å². The number of fused-ring (bicyclic) bond motifs is 1. The van der Waals surface area contributed by atoms with Crippen LogP contribution in [0.25, 0.3) is 0 Å². The van der Waals surface area contributed by atoms with Gasteiger partial charge in [0.15, 0.2) is 0 Å². The molecule has 1 aliphatic carbocycles. The molecule has 2 aliphatic rings. The molecule has 98 valence electrons. The Morgan fingerprint density at radius 2 is 2.00 bits per heavy atom. The Kier molecular flexibility index (Phi) is 2.97. The smallest absolute Gasteiger partial charge is 0.243 e. The van der Waals surface area contributed by atoms with Gasteiger partial charge in [-0.2, -0.15) is 0 Å². The summed E-state index contributed by atoms with van der Waals surface area (Å²) in [5.74, 6) is -0.0163. The van der Waals surface area contributed by atoms with E-state index in [1.165, 1.54) is 12.1 Å². The molecular weight excluding hydrogens is 323 g/mol. The third-order valence-electron chi connectivity index (χ3n) is 3.57. The third kappa shape index (κ3) is 2.09. The van der Waals surface area contributed by atoms with Crippen LogP contribution in [-0.2, 0) is 10.0 Å². The van der Waals surface area contributed by atoms with Gasteiger partial charge in [-0.25, -0.2) is 17.5 Å². The van der Waals surface area contributed by atoms with Gasteiger partial charge in [-0.15, -0.1) is 0 Å². The van der Waals surface area contributed by atoms with E-state index in [2.05, 4.69) is 26.0 Å². The Bertz CT molecular complexity index is 583. The topological polar surface area (TPSA) is 58.2 Å². The molecule has 3 rings (SSSR count). The molecule has 0 bridgehead atoms. The number of piperidine rings is 1. The maximum Gasteiger partial charge on any atom is 0.243 e. The van der Waals surface area contributed by atoms with Crippen LogP contribution in [0.1, 0.15) is 0 Å². The molecule has 2 unspecified atom stereocenters. The number of hydrogen-bond donors (Lipinski definition) is 2. The first-order valence-electron chi connectivity index (χ1n) is 5.67. The summed E-state index contributed by atoms with van der Waals surface area (Å²) in [6, 6.07) is 3.91. The van der Waals surface area contributed by atoms with Crippen molar-refractivity contribution in [2.45, 2.75) is 10.9 Å². The monoisotopic (exact) mass is 334 g/mol. The normalized spacial score (nSPS) is 30.2. The highest BCUT2D eigenvalue weighted by molar-refractivity contribution is 9.10. The maximum absolute atomic E-state index is 13.6. The summed E-state index contributed by atoms with van der Waals surface area (Å²) in [5, 5.41) is 3.18. The summed E-state index contributed by atoms with van der Waals surface area (Å²) in [7, 11) is -3.76. The number of nitrogens with one attached hydrogen (secondary N) is 2. The van der Waals surface area contributed by atoms with E-state index in [-0.39, 0.29) is 10.9 Å². The molecule has 4 nitrogen and oxygen atoms in total. The van der Waals surface area contributed by atoms with E-state index in [4.69, 9.17) is 0 Å². The standard InChI is InChI=1S/C11H12BrFN2O2S/c12-6-1-2-10(9(13)3-6)18(16,17)15-11-7-4-14-5-8(7)11/h1-3,7-8,11,14-15H,4-5H2. The molecule has 0 amide bonds. The summed E-state index contributed by atoms with van der Waals surface area (Å²) >= 11 is 3.10. The van der Waals surface area contributed by atoms with Crippen molar-refractivity contribution in [3.05, 3.63) is 28.5 Å². The van der Waals surface area contributed by atoms with E-state index in [0.717, 1.165) is 19.2 Å².